The molecular weight excluding hydrogens is 298 g/mol. The molecule has 0 aliphatic heterocycles. The standard InChI is InChI=1S/C21H17NS/c1-2-3-8-16-14-13-15-9-4-5-10-17(15)20(16)21-22-18-11-6-7-12-19(18)23-21/h2,4-7,9-14H,1,3,8H2. The van der Waals surface area contributed by atoms with Crippen LogP contribution < -0.4 is 0 Å². The zero-order valence-corrected chi connectivity index (χ0v) is 13.6. The van der Waals surface area contributed by atoms with Crippen LogP contribution in [0.25, 0.3) is 31.6 Å². The number of fused-ring (bicyclic) bond motifs is 2. The Morgan fingerprint density at radius 3 is 2.65 bits per heavy atom. The summed E-state index contributed by atoms with van der Waals surface area (Å²) in [6.45, 7) is 3.86. The molecule has 4 aromatic rings. The Bertz CT molecular complexity index is 964. The molecular formula is C21H17NS. The maximum atomic E-state index is 4.89. The van der Waals surface area contributed by atoms with Gasteiger partial charge in [0.05, 0.1) is 10.2 Å². The summed E-state index contributed by atoms with van der Waals surface area (Å²) in [6.07, 6.45) is 3.97. The number of allylic oxidation sites excluding steroid dienone is 1. The van der Waals surface area contributed by atoms with Gasteiger partial charge in [0.15, 0.2) is 0 Å². The minimum atomic E-state index is 0.982. The van der Waals surface area contributed by atoms with Crippen LogP contribution in [0.15, 0.2) is 73.3 Å². The predicted molar refractivity (Wildman–Crippen MR) is 101 cm³/mol. The smallest absolute Gasteiger partial charge is 0.125 e. The molecule has 0 spiro atoms. The average Bonchev–Trinajstić information content (AvgIpc) is 3.03. The molecule has 0 atom stereocenters. The van der Waals surface area contributed by atoms with Crippen molar-refractivity contribution in [3.63, 3.8) is 0 Å². The number of para-hydroxylation sites is 1. The molecule has 0 fully saturated rings. The van der Waals surface area contributed by atoms with E-state index in [9.17, 15) is 0 Å². The van der Waals surface area contributed by atoms with Crippen molar-refractivity contribution in [2.75, 3.05) is 0 Å². The number of nitrogens with zero attached hydrogens (tertiary/aromatic N) is 1. The third-order valence-corrected chi connectivity index (χ3v) is 5.19. The first kappa shape index (κ1) is 14.2. The fourth-order valence-corrected chi connectivity index (χ4v) is 4.07. The second-order valence-electron chi connectivity index (χ2n) is 5.63. The van der Waals surface area contributed by atoms with E-state index in [1.165, 1.54) is 26.6 Å². The SMILES string of the molecule is C=CCCc1ccc2ccccc2c1-c1nc2ccccc2s1. The number of benzene rings is 3. The lowest BCUT2D eigenvalue weighted by molar-refractivity contribution is 1.01. The number of thiazole rings is 1. The van der Waals surface area contributed by atoms with Crippen LogP contribution in [0.1, 0.15) is 12.0 Å². The molecule has 0 bridgehead atoms. The molecule has 0 aliphatic carbocycles. The highest BCUT2D eigenvalue weighted by Crippen LogP contribution is 2.37. The van der Waals surface area contributed by atoms with Crippen LogP contribution in [0.3, 0.4) is 0 Å². The topological polar surface area (TPSA) is 12.9 Å². The van der Waals surface area contributed by atoms with E-state index in [1.807, 2.05) is 12.1 Å². The fourth-order valence-electron chi connectivity index (χ4n) is 3.01. The second-order valence-corrected chi connectivity index (χ2v) is 6.67. The van der Waals surface area contributed by atoms with Gasteiger partial charge in [-0.3, -0.25) is 0 Å². The molecule has 0 aliphatic rings. The zero-order valence-electron chi connectivity index (χ0n) is 12.8. The van der Waals surface area contributed by atoms with Crippen LogP contribution in [-0.2, 0) is 6.42 Å². The third kappa shape index (κ3) is 2.55. The van der Waals surface area contributed by atoms with E-state index in [1.54, 1.807) is 11.3 Å². The number of aryl methyl sites for hydroxylation is 1. The Labute approximate surface area is 139 Å². The minimum Gasteiger partial charge on any atom is -0.236 e. The van der Waals surface area contributed by atoms with Gasteiger partial charge in [0.2, 0.25) is 0 Å². The third-order valence-electron chi connectivity index (χ3n) is 4.14. The highest BCUT2D eigenvalue weighted by molar-refractivity contribution is 7.21. The largest absolute Gasteiger partial charge is 0.236 e. The summed E-state index contributed by atoms with van der Waals surface area (Å²) in [5, 5.41) is 3.67. The highest BCUT2D eigenvalue weighted by atomic mass is 32.1. The number of hydrogen-bond acceptors (Lipinski definition) is 2. The van der Waals surface area contributed by atoms with Gasteiger partial charge in [-0.15, -0.1) is 17.9 Å². The van der Waals surface area contributed by atoms with Gasteiger partial charge in [0.1, 0.15) is 5.01 Å². The zero-order chi connectivity index (χ0) is 15.6. The molecule has 1 heterocycles. The predicted octanol–water partition coefficient (Wildman–Crippen LogP) is 6.24. The number of rotatable bonds is 4. The van der Waals surface area contributed by atoms with Crippen molar-refractivity contribution in [1.29, 1.82) is 0 Å². The van der Waals surface area contributed by atoms with Crippen LogP contribution in [-0.4, -0.2) is 4.98 Å². The van der Waals surface area contributed by atoms with Gasteiger partial charge >= 0.3 is 0 Å². The molecule has 1 aromatic heterocycles. The lowest BCUT2D eigenvalue weighted by Crippen LogP contribution is -1.91. The van der Waals surface area contributed by atoms with Crippen LogP contribution in [0, 0.1) is 0 Å². The summed E-state index contributed by atoms with van der Waals surface area (Å²) in [6, 6.07) is 21.4. The van der Waals surface area contributed by atoms with Crippen molar-refractivity contribution in [2.45, 2.75) is 12.8 Å². The Hall–Kier alpha value is -2.45. The molecule has 1 nitrogen and oxygen atoms in total. The molecule has 23 heavy (non-hydrogen) atoms. The van der Waals surface area contributed by atoms with Crippen LogP contribution >= 0.6 is 11.3 Å². The average molecular weight is 315 g/mol. The lowest BCUT2D eigenvalue weighted by Gasteiger charge is -2.10. The summed E-state index contributed by atoms with van der Waals surface area (Å²) in [5.41, 5.74) is 3.71. The Morgan fingerprint density at radius 2 is 1.78 bits per heavy atom. The first-order valence-electron chi connectivity index (χ1n) is 7.84. The van der Waals surface area contributed by atoms with Gasteiger partial charge in [-0.1, -0.05) is 54.6 Å². The summed E-state index contributed by atoms with van der Waals surface area (Å²) in [7, 11) is 0. The molecule has 0 saturated heterocycles. The Balaban J connectivity index is 2.00. The van der Waals surface area contributed by atoms with Crippen molar-refractivity contribution in [2.24, 2.45) is 0 Å². The molecule has 4 rings (SSSR count). The summed E-state index contributed by atoms with van der Waals surface area (Å²) in [4.78, 5) is 4.89. The molecule has 0 saturated carbocycles. The summed E-state index contributed by atoms with van der Waals surface area (Å²) in [5.74, 6) is 0. The Kier molecular flexibility index (Phi) is 3.68. The van der Waals surface area contributed by atoms with E-state index in [2.05, 4.69) is 61.2 Å². The minimum absolute atomic E-state index is 0.982. The lowest BCUT2D eigenvalue weighted by atomic mass is 9.96. The molecule has 0 amide bonds. The second kappa shape index (κ2) is 5.98. The van der Waals surface area contributed by atoms with E-state index in [-0.39, 0.29) is 0 Å². The normalized spacial score (nSPS) is 11.1. The molecule has 0 radical (unpaired) electrons. The molecule has 0 N–H and O–H groups in total. The van der Waals surface area contributed by atoms with Crippen LogP contribution in [0.5, 0.6) is 0 Å². The van der Waals surface area contributed by atoms with Crippen molar-refractivity contribution < 1.29 is 0 Å². The van der Waals surface area contributed by atoms with Crippen molar-refractivity contribution >= 4 is 32.3 Å². The number of aromatic nitrogens is 1. The molecule has 2 heteroatoms. The van der Waals surface area contributed by atoms with Gasteiger partial charge in [-0.2, -0.15) is 0 Å². The molecule has 0 unspecified atom stereocenters. The van der Waals surface area contributed by atoms with E-state index in [0.29, 0.717) is 0 Å². The maximum Gasteiger partial charge on any atom is 0.125 e. The van der Waals surface area contributed by atoms with Gasteiger partial charge in [0.25, 0.3) is 0 Å². The summed E-state index contributed by atoms with van der Waals surface area (Å²) < 4.78 is 1.24. The number of hydrogen-bond donors (Lipinski definition) is 0. The van der Waals surface area contributed by atoms with E-state index in [0.717, 1.165) is 23.4 Å². The van der Waals surface area contributed by atoms with Gasteiger partial charge < -0.3 is 0 Å². The Morgan fingerprint density at radius 1 is 0.957 bits per heavy atom. The van der Waals surface area contributed by atoms with Crippen molar-refractivity contribution in [1.82, 2.24) is 4.98 Å². The maximum absolute atomic E-state index is 4.89. The first-order chi connectivity index (χ1) is 11.4. The van der Waals surface area contributed by atoms with E-state index < -0.39 is 0 Å². The van der Waals surface area contributed by atoms with Gasteiger partial charge in [-0.05, 0) is 41.3 Å². The van der Waals surface area contributed by atoms with Crippen molar-refractivity contribution in [3.8, 4) is 10.6 Å². The molecule has 112 valence electrons. The quantitative estimate of drug-likeness (QED) is 0.406. The van der Waals surface area contributed by atoms with Gasteiger partial charge in [-0.25, -0.2) is 4.98 Å². The van der Waals surface area contributed by atoms with Crippen LogP contribution in [0.4, 0.5) is 0 Å². The van der Waals surface area contributed by atoms with Crippen molar-refractivity contribution in [3.05, 3.63) is 78.9 Å². The van der Waals surface area contributed by atoms with Gasteiger partial charge in [0, 0.05) is 5.56 Å². The van der Waals surface area contributed by atoms with Crippen LogP contribution in [0.2, 0.25) is 0 Å². The van der Waals surface area contributed by atoms with E-state index >= 15 is 0 Å². The monoisotopic (exact) mass is 315 g/mol. The van der Waals surface area contributed by atoms with E-state index in [4.69, 9.17) is 4.98 Å². The highest BCUT2D eigenvalue weighted by Gasteiger charge is 2.13. The molecule has 3 aromatic carbocycles. The summed E-state index contributed by atoms with van der Waals surface area (Å²) >= 11 is 1.78. The first-order valence-corrected chi connectivity index (χ1v) is 8.66. The fraction of sp³-hybridized carbons (Fsp3) is 0.0952.